The molecule has 0 atom stereocenters. The second-order valence-corrected chi connectivity index (χ2v) is 6.26. The summed E-state index contributed by atoms with van der Waals surface area (Å²) in [6, 6.07) is 10.1. The van der Waals surface area contributed by atoms with Crippen LogP contribution in [-0.2, 0) is 11.3 Å². The molecule has 0 aliphatic carbocycles. The lowest BCUT2D eigenvalue weighted by Crippen LogP contribution is -2.07. The van der Waals surface area contributed by atoms with E-state index in [1.807, 2.05) is 13.8 Å². The molecule has 0 saturated carbocycles. The Balaban J connectivity index is 1.82. The van der Waals surface area contributed by atoms with Gasteiger partial charge >= 0.3 is 5.97 Å². The van der Waals surface area contributed by atoms with Gasteiger partial charge in [0.25, 0.3) is 0 Å². The summed E-state index contributed by atoms with van der Waals surface area (Å²) in [5.74, 6) is 0.0134. The van der Waals surface area contributed by atoms with Crippen LogP contribution in [0.5, 0.6) is 5.75 Å². The molecule has 0 amide bonds. The summed E-state index contributed by atoms with van der Waals surface area (Å²) in [6.45, 7) is 5.25. The van der Waals surface area contributed by atoms with Gasteiger partial charge in [0, 0.05) is 11.1 Å². The average molecular weight is 364 g/mol. The molecule has 0 unspecified atom stereocenters. The Morgan fingerprint density at radius 3 is 2.26 bits per heavy atom. The number of nitrogens with zero attached hydrogens (tertiary/aromatic N) is 2. The number of esters is 1. The molecule has 6 nitrogen and oxygen atoms in total. The first-order valence-electron chi connectivity index (χ1n) is 8.49. The fraction of sp³-hybridized carbons (Fsp3) is 0.238. The number of fused-ring (bicyclic) bond motifs is 1. The van der Waals surface area contributed by atoms with Gasteiger partial charge < -0.3 is 9.47 Å². The maximum absolute atomic E-state index is 12.5. The standard InChI is InChI=1S/C21H20N2O4/c1-12-13(2)23-19-10-16(5-7-18(19)22-12)21(25)27-11-17-9-15(14(3)24)6-8-20(17)26-4/h5-10H,11H2,1-4H3. The number of rotatable bonds is 5. The second kappa shape index (κ2) is 7.53. The number of aryl methyl sites for hydroxylation is 2. The number of hydrogen-bond acceptors (Lipinski definition) is 6. The highest BCUT2D eigenvalue weighted by Crippen LogP contribution is 2.22. The van der Waals surface area contributed by atoms with Crippen LogP contribution in [-0.4, -0.2) is 28.8 Å². The van der Waals surface area contributed by atoms with Gasteiger partial charge in [-0.3, -0.25) is 4.79 Å². The molecule has 0 aliphatic heterocycles. The van der Waals surface area contributed by atoms with Crippen LogP contribution >= 0.6 is 0 Å². The summed E-state index contributed by atoms with van der Waals surface area (Å²) < 4.78 is 10.7. The van der Waals surface area contributed by atoms with Gasteiger partial charge in [0.05, 0.1) is 35.1 Å². The van der Waals surface area contributed by atoms with Gasteiger partial charge in [-0.1, -0.05) is 0 Å². The number of ketones is 1. The number of aromatic nitrogens is 2. The third kappa shape index (κ3) is 3.95. The predicted molar refractivity (Wildman–Crippen MR) is 101 cm³/mol. The third-order valence-corrected chi connectivity index (χ3v) is 4.36. The van der Waals surface area contributed by atoms with E-state index in [4.69, 9.17) is 9.47 Å². The topological polar surface area (TPSA) is 78.4 Å². The molecule has 0 bridgehead atoms. The summed E-state index contributed by atoms with van der Waals surface area (Å²) in [4.78, 5) is 32.9. The number of ether oxygens (including phenoxy) is 2. The van der Waals surface area contributed by atoms with Gasteiger partial charge in [-0.05, 0) is 57.2 Å². The highest BCUT2D eigenvalue weighted by molar-refractivity contribution is 5.95. The molecule has 1 heterocycles. The molecule has 138 valence electrons. The molecule has 27 heavy (non-hydrogen) atoms. The predicted octanol–water partition coefficient (Wildman–Crippen LogP) is 3.81. The van der Waals surface area contributed by atoms with Gasteiger partial charge in [-0.25, -0.2) is 14.8 Å². The van der Waals surface area contributed by atoms with Crippen LogP contribution in [0.1, 0.15) is 44.6 Å². The first kappa shape index (κ1) is 18.5. The van der Waals surface area contributed by atoms with Crippen molar-refractivity contribution in [2.45, 2.75) is 27.4 Å². The molecule has 6 heteroatoms. The summed E-state index contributed by atoms with van der Waals surface area (Å²) in [6.07, 6.45) is 0. The van der Waals surface area contributed by atoms with Crippen molar-refractivity contribution in [1.82, 2.24) is 9.97 Å². The van der Waals surface area contributed by atoms with Crippen LogP contribution in [0.3, 0.4) is 0 Å². The fourth-order valence-corrected chi connectivity index (χ4v) is 2.69. The summed E-state index contributed by atoms with van der Waals surface area (Å²) >= 11 is 0. The molecule has 2 aromatic carbocycles. The Morgan fingerprint density at radius 1 is 0.926 bits per heavy atom. The van der Waals surface area contributed by atoms with Crippen LogP contribution in [0.4, 0.5) is 0 Å². The number of carbonyl (C=O) groups excluding carboxylic acids is 2. The molecular weight excluding hydrogens is 344 g/mol. The van der Waals surface area contributed by atoms with E-state index < -0.39 is 5.97 Å². The van der Waals surface area contributed by atoms with Crippen molar-refractivity contribution in [2.24, 2.45) is 0 Å². The number of Topliss-reactive ketones (excluding diaryl/α,β-unsaturated/α-hetero) is 1. The first-order valence-corrected chi connectivity index (χ1v) is 8.49. The third-order valence-electron chi connectivity index (χ3n) is 4.36. The van der Waals surface area contributed by atoms with Crippen molar-refractivity contribution in [1.29, 1.82) is 0 Å². The van der Waals surface area contributed by atoms with Crippen molar-refractivity contribution >= 4 is 22.8 Å². The highest BCUT2D eigenvalue weighted by Gasteiger charge is 2.13. The zero-order valence-electron chi connectivity index (χ0n) is 15.7. The lowest BCUT2D eigenvalue weighted by Gasteiger charge is -2.11. The van der Waals surface area contributed by atoms with Crippen LogP contribution < -0.4 is 4.74 Å². The Hall–Kier alpha value is -3.28. The van der Waals surface area contributed by atoms with E-state index in [0.29, 0.717) is 28.0 Å². The minimum atomic E-state index is -0.479. The molecule has 0 radical (unpaired) electrons. The summed E-state index contributed by atoms with van der Waals surface area (Å²) in [5, 5.41) is 0. The van der Waals surface area contributed by atoms with E-state index in [0.717, 1.165) is 16.9 Å². The maximum atomic E-state index is 12.5. The normalized spacial score (nSPS) is 10.7. The molecule has 0 N–H and O–H groups in total. The Kier molecular flexibility index (Phi) is 5.16. The minimum Gasteiger partial charge on any atom is -0.496 e. The lowest BCUT2D eigenvalue weighted by atomic mass is 10.1. The largest absolute Gasteiger partial charge is 0.496 e. The van der Waals surface area contributed by atoms with Crippen LogP contribution in [0.25, 0.3) is 11.0 Å². The lowest BCUT2D eigenvalue weighted by molar-refractivity contribution is 0.0470. The van der Waals surface area contributed by atoms with Crippen molar-refractivity contribution < 1.29 is 19.1 Å². The summed E-state index contributed by atoms with van der Waals surface area (Å²) in [5.41, 5.74) is 4.60. The smallest absolute Gasteiger partial charge is 0.338 e. The minimum absolute atomic E-state index is 0.000230. The fourth-order valence-electron chi connectivity index (χ4n) is 2.69. The summed E-state index contributed by atoms with van der Waals surface area (Å²) in [7, 11) is 1.53. The van der Waals surface area contributed by atoms with Crippen molar-refractivity contribution in [3.05, 3.63) is 64.5 Å². The number of benzene rings is 2. The monoisotopic (exact) mass is 364 g/mol. The molecule has 3 rings (SSSR count). The van der Waals surface area contributed by atoms with Gasteiger partial charge in [0.15, 0.2) is 5.78 Å². The molecule has 3 aromatic rings. The van der Waals surface area contributed by atoms with Gasteiger partial charge in [0.1, 0.15) is 12.4 Å². The van der Waals surface area contributed by atoms with E-state index in [2.05, 4.69) is 9.97 Å². The zero-order valence-corrected chi connectivity index (χ0v) is 15.7. The second-order valence-electron chi connectivity index (χ2n) is 6.26. The Bertz CT molecular complexity index is 1040. The number of hydrogen-bond donors (Lipinski definition) is 0. The molecule has 0 saturated heterocycles. The molecule has 1 aromatic heterocycles. The molecule has 0 aliphatic rings. The Morgan fingerprint density at radius 2 is 1.59 bits per heavy atom. The van der Waals surface area contributed by atoms with E-state index in [1.165, 1.54) is 14.0 Å². The zero-order chi connectivity index (χ0) is 19.6. The van der Waals surface area contributed by atoms with E-state index >= 15 is 0 Å². The molecule has 0 fully saturated rings. The van der Waals surface area contributed by atoms with Crippen LogP contribution in [0.15, 0.2) is 36.4 Å². The first-order chi connectivity index (χ1) is 12.9. The van der Waals surface area contributed by atoms with Gasteiger partial charge in [-0.2, -0.15) is 0 Å². The Labute approximate surface area is 157 Å². The van der Waals surface area contributed by atoms with Gasteiger partial charge in [0.2, 0.25) is 0 Å². The van der Waals surface area contributed by atoms with E-state index in [-0.39, 0.29) is 12.4 Å². The highest BCUT2D eigenvalue weighted by atomic mass is 16.5. The molecule has 0 spiro atoms. The maximum Gasteiger partial charge on any atom is 0.338 e. The quantitative estimate of drug-likeness (QED) is 0.506. The average Bonchev–Trinajstić information content (AvgIpc) is 2.66. The number of carbonyl (C=O) groups is 2. The van der Waals surface area contributed by atoms with Crippen LogP contribution in [0, 0.1) is 13.8 Å². The van der Waals surface area contributed by atoms with Crippen molar-refractivity contribution in [2.75, 3.05) is 7.11 Å². The van der Waals surface area contributed by atoms with Crippen LogP contribution in [0.2, 0.25) is 0 Å². The van der Waals surface area contributed by atoms with Crippen molar-refractivity contribution in [3.63, 3.8) is 0 Å². The van der Waals surface area contributed by atoms with E-state index in [1.54, 1.807) is 36.4 Å². The van der Waals surface area contributed by atoms with E-state index in [9.17, 15) is 9.59 Å². The molecular formula is C21H20N2O4. The SMILES string of the molecule is COc1ccc(C(C)=O)cc1COC(=O)c1ccc2nc(C)c(C)nc2c1. The number of methoxy groups -OCH3 is 1. The van der Waals surface area contributed by atoms with Crippen molar-refractivity contribution in [3.8, 4) is 5.75 Å². The van der Waals surface area contributed by atoms with Gasteiger partial charge in [-0.15, -0.1) is 0 Å².